The number of nitrogens with one attached hydrogen (secondary N) is 1. The van der Waals surface area contributed by atoms with Gasteiger partial charge in [0.1, 0.15) is 5.82 Å². The molecule has 0 unspecified atom stereocenters. The van der Waals surface area contributed by atoms with E-state index in [1.165, 1.54) is 6.20 Å². The van der Waals surface area contributed by atoms with Gasteiger partial charge in [0.05, 0.1) is 11.8 Å². The van der Waals surface area contributed by atoms with Crippen LogP contribution >= 0.6 is 0 Å². The third-order valence-corrected chi connectivity index (χ3v) is 1.24. The van der Waals surface area contributed by atoms with E-state index in [1.807, 2.05) is 6.92 Å². The van der Waals surface area contributed by atoms with Gasteiger partial charge in [-0.15, -0.1) is 0 Å². The van der Waals surface area contributed by atoms with Crippen molar-refractivity contribution in [2.75, 3.05) is 5.73 Å². The van der Waals surface area contributed by atoms with Gasteiger partial charge in [0.2, 0.25) is 0 Å². The van der Waals surface area contributed by atoms with Gasteiger partial charge in [0, 0.05) is 6.42 Å². The van der Waals surface area contributed by atoms with E-state index in [4.69, 9.17) is 5.73 Å². The standard InChI is InChI=1S/C8H9N3O/c1-2-3-4-6-5-10-8(12)11-7(6)9/h5H,2H2,1H3,(H3,9,10,11,12). The summed E-state index contributed by atoms with van der Waals surface area (Å²) in [5.41, 5.74) is 5.58. The lowest BCUT2D eigenvalue weighted by atomic mass is 10.3. The van der Waals surface area contributed by atoms with Crippen molar-refractivity contribution in [1.29, 1.82) is 0 Å². The molecule has 0 fully saturated rings. The van der Waals surface area contributed by atoms with Gasteiger partial charge in [-0.25, -0.2) is 9.78 Å². The van der Waals surface area contributed by atoms with Crippen molar-refractivity contribution in [3.8, 4) is 11.8 Å². The monoisotopic (exact) mass is 163 g/mol. The van der Waals surface area contributed by atoms with Crippen LogP contribution in [0.2, 0.25) is 0 Å². The number of H-pyrrole nitrogens is 1. The molecule has 3 N–H and O–H groups in total. The lowest BCUT2D eigenvalue weighted by molar-refractivity contribution is 1.08. The van der Waals surface area contributed by atoms with Gasteiger partial charge in [-0.3, -0.25) is 4.98 Å². The lowest BCUT2D eigenvalue weighted by Crippen LogP contribution is -2.12. The van der Waals surface area contributed by atoms with Crippen molar-refractivity contribution in [3.63, 3.8) is 0 Å². The SMILES string of the molecule is CCC#Cc1cnc(=O)[nH]c1N. The zero-order valence-electron chi connectivity index (χ0n) is 6.72. The molecule has 0 aliphatic rings. The molecular formula is C8H9N3O. The highest BCUT2D eigenvalue weighted by Crippen LogP contribution is 1.99. The Bertz CT molecular complexity index is 383. The molecular weight excluding hydrogens is 154 g/mol. The summed E-state index contributed by atoms with van der Waals surface area (Å²) in [6.07, 6.45) is 2.12. The summed E-state index contributed by atoms with van der Waals surface area (Å²) in [7, 11) is 0. The molecule has 62 valence electrons. The molecule has 0 aliphatic heterocycles. The Morgan fingerprint density at radius 2 is 2.50 bits per heavy atom. The minimum Gasteiger partial charge on any atom is -0.384 e. The quantitative estimate of drug-likeness (QED) is 0.533. The normalized spacial score (nSPS) is 8.75. The summed E-state index contributed by atoms with van der Waals surface area (Å²) < 4.78 is 0. The third kappa shape index (κ3) is 1.86. The average Bonchev–Trinajstić information content (AvgIpc) is 2.03. The maximum absolute atomic E-state index is 10.6. The summed E-state index contributed by atoms with van der Waals surface area (Å²) in [5, 5.41) is 0. The molecule has 0 atom stereocenters. The van der Waals surface area contributed by atoms with Gasteiger partial charge in [-0.2, -0.15) is 0 Å². The smallest absolute Gasteiger partial charge is 0.346 e. The molecule has 0 bridgehead atoms. The minimum atomic E-state index is -0.449. The zero-order valence-corrected chi connectivity index (χ0v) is 6.72. The van der Waals surface area contributed by atoms with E-state index >= 15 is 0 Å². The number of hydrogen-bond donors (Lipinski definition) is 2. The first kappa shape index (κ1) is 8.34. The second-order valence-corrected chi connectivity index (χ2v) is 2.17. The van der Waals surface area contributed by atoms with Crippen molar-refractivity contribution in [2.24, 2.45) is 0 Å². The van der Waals surface area contributed by atoms with Gasteiger partial charge in [-0.05, 0) is 0 Å². The Hall–Kier alpha value is -1.76. The predicted octanol–water partition coefficient (Wildman–Crippen LogP) is 0.114. The average molecular weight is 163 g/mol. The summed E-state index contributed by atoms with van der Waals surface area (Å²) in [5.74, 6) is 5.89. The Kier molecular flexibility index (Phi) is 2.49. The molecule has 1 heterocycles. The molecule has 0 saturated carbocycles. The lowest BCUT2D eigenvalue weighted by Gasteiger charge is -1.93. The number of rotatable bonds is 0. The molecule has 1 rings (SSSR count). The van der Waals surface area contributed by atoms with E-state index < -0.39 is 5.69 Å². The van der Waals surface area contributed by atoms with E-state index in [2.05, 4.69) is 21.8 Å². The number of aromatic nitrogens is 2. The number of anilines is 1. The Labute approximate surface area is 69.8 Å². The van der Waals surface area contributed by atoms with Crippen LogP contribution in [0.1, 0.15) is 18.9 Å². The molecule has 0 amide bonds. The maximum atomic E-state index is 10.6. The first-order valence-corrected chi connectivity index (χ1v) is 3.57. The van der Waals surface area contributed by atoms with Crippen LogP contribution in [-0.4, -0.2) is 9.97 Å². The summed E-state index contributed by atoms with van der Waals surface area (Å²) in [6, 6.07) is 0. The Balaban J connectivity index is 3.10. The van der Waals surface area contributed by atoms with Gasteiger partial charge >= 0.3 is 5.69 Å². The largest absolute Gasteiger partial charge is 0.384 e. The van der Waals surface area contributed by atoms with Crippen LogP contribution < -0.4 is 11.4 Å². The first-order valence-electron chi connectivity index (χ1n) is 3.57. The Morgan fingerprint density at radius 1 is 1.75 bits per heavy atom. The minimum absolute atomic E-state index is 0.274. The summed E-state index contributed by atoms with van der Waals surface area (Å²) in [4.78, 5) is 16.5. The van der Waals surface area contributed by atoms with Gasteiger partial charge < -0.3 is 5.73 Å². The van der Waals surface area contributed by atoms with Crippen molar-refractivity contribution in [2.45, 2.75) is 13.3 Å². The van der Waals surface area contributed by atoms with Gasteiger partial charge in [-0.1, -0.05) is 18.8 Å². The van der Waals surface area contributed by atoms with Gasteiger partial charge in [0.15, 0.2) is 0 Å². The molecule has 0 radical (unpaired) electrons. The zero-order chi connectivity index (χ0) is 8.97. The second-order valence-electron chi connectivity index (χ2n) is 2.17. The molecule has 0 aromatic carbocycles. The van der Waals surface area contributed by atoms with Crippen molar-refractivity contribution >= 4 is 5.82 Å². The topological polar surface area (TPSA) is 71.8 Å². The molecule has 0 saturated heterocycles. The molecule has 4 nitrogen and oxygen atoms in total. The van der Waals surface area contributed by atoms with E-state index in [0.29, 0.717) is 5.56 Å². The van der Waals surface area contributed by atoms with E-state index in [9.17, 15) is 4.79 Å². The fourth-order valence-electron chi connectivity index (χ4n) is 0.691. The molecule has 0 aliphatic carbocycles. The van der Waals surface area contributed by atoms with Gasteiger partial charge in [0.25, 0.3) is 0 Å². The number of nitrogens with two attached hydrogens (primary N) is 1. The molecule has 4 heteroatoms. The highest BCUT2D eigenvalue weighted by Gasteiger charge is 1.94. The highest BCUT2D eigenvalue weighted by molar-refractivity contribution is 5.48. The van der Waals surface area contributed by atoms with Crippen LogP contribution in [0.5, 0.6) is 0 Å². The summed E-state index contributed by atoms with van der Waals surface area (Å²) in [6.45, 7) is 1.93. The summed E-state index contributed by atoms with van der Waals surface area (Å²) >= 11 is 0. The number of aromatic amines is 1. The fraction of sp³-hybridized carbons (Fsp3) is 0.250. The van der Waals surface area contributed by atoms with Crippen LogP contribution in [-0.2, 0) is 0 Å². The maximum Gasteiger partial charge on any atom is 0.346 e. The van der Waals surface area contributed by atoms with Crippen LogP contribution in [0.3, 0.4) is 0 Å². The van der Waals surface area contributed by atoms with Crippen LogP contribution in [0.25, 0.3) is 0 Å². The van der Waals surface area contributed by atoms with Crippen molar-refractivity contribution in [3.05, 3.63) is 22.2 Å². The Morgan fingerprint density at radius 3 is 3.08 bits per heavy atom. The van der Waals surface area contributed by atoms with E-state index in [1.54, 1.807) is 0 Å². The number of nitrogen functional groups attached to an aromatic ring is 1. The second kappa shape index (κ2) is 3.58. The first-order chi connectivity index (χ1) is 5.74. The van der Waals surface area contributed by atoms with Crippen LogP contribution in [0, 0.1) is 11.8 Å². The number of nitrogens with zero attached hydrogens (tertiary/aromatic N) is 1. The van der Waals surface area contributed by atoms with Crippen LogP contribution in [0.4, 0.5) is 5.82 Å². The molecule has 1 aromatic rings. The third-order valence-electron chi connectivity index (χ3n) is 1.24. The highest BCUT2D eigenvalue weighted by atomic mass is 16.1. The molecule has 0 spiro atoms. The van der Waals surface area contributed by atoms with Crippen LogP contribution in [0.15, 0.2) is 11.0 Å². The van der Waals surface area contributed by atoms with Crippen molar-refractivity contribution in [1.82, 2.24) is 9.97 Å². The molecule has 12 heavy (non-hydrogen) atoms. The van der Waals surface area contributed by atoms with E-state index in [0.717, 1.165) is 6.42 Å². The predicted molar refractivity (Wildman–Crippen MR) is 46.4 cm³/mol. The van der Waals surface area contributed by atoms with Crippen molar-refractivity contribution < 1.29 is 0 Å². The number of hydrogen-bond acceptors (Lipinski definition) is 3. The van der Waals surface area contributed by atoms with E-state index in [-0.39, 0.29) is 5.82 Å². The molecule has 1 aromatic heterocycles. The fourth-order valence-corrected chi connectivity index (χ4v) is 0.691.